The Morgan fingerprint density at radius 2 is 1.54 bits per heavy atom. The van der Waals surface area contributed by atoms with Crippen LogP contribution in [0.5, 0.6) is 0 Å². The first kappa shape index (κ1) is 12.8. The highest BCUT2D eigenvalue weighted by molar-refractivity contribution is 4.74. The molecule has 0 saturated heterocycles. The zero-order valence-corrected chi connectivity index (χ0v) is 8.57. The monoisotopic (exact) mass is 197 g/mol. The van der Waals surface area contributed by atoms with Crippen LogP contribution in [0.2, 0.25) is 0 Å². The first-order valence-electron chi connectivity index (χ1n) is 4.56. The van der Waals surface area contributed by atoms with Gasteiger partial charge in [-0.25, -0.2) is 0 Å². The molecule has 1 N–H and O–H groups in total. The molecule has 0 radical (unpaired) electrons. The maximum Gasteiger partial charge on any atom is 0.403 e. The third kappa shape index (κ3) is 5.91. The van der Waals surface area contributed by atoms with Gasteiger partial charge in [-0.1, -0.05) is 13.8 Å². The number of hydrogen-bond donors (Lipinski definition) is 1. The lowest BCUT2D eigenvalue weighted by Crippen LogP contribution is -2.44. The summed E-state index contributed by atoms with van der Waals surface area (Å²) < 4.78 is 36.3. The molecule has 0 aromatic carbocycles. The van der Waals surface area contributed by atoms with Gasteiger partial charge in [0.1, 0.15) is 6.04 Å². The molecule has 0 heterocycles. The molecule has 0 aromatic heterocycles. The van der Waals surface area contributed by atoms with Crippen molar-refractivity contribution in [3.8, 4) is 0 Å². The fourth-order valence-corrected chi connectivity index (χ4v) is 1.30. The van der Waals surface area contributed by atoms with Crippen LogP contribution in [0.25, 0.3) is 0 Å². The van der Waals surface area contributed by atoms with Gasteiger partial charge in [-0.2, -0.15) is 13.2 Å². The summed E-state index contributed by atoms with van der Waals surface area (Å²) in [4.78, 5) is 0. The summed E-state index contributed by atoms with van der Waals surface area (Å²) in [7, 11) is 0. The van der Waals surface area contributed by atoms with Crippen molar-refractivity contribution in [1.29, 1.82) is 0 Å². The average Bonchev–Trinajstić information content (AvgIpc) is 1.82. The van der Waals surface area contributed by atoms with Crippen molar-refractivity contribution in [2.75, 3.05) is 0 Å². The summed E-state index contributed by atoms with van der Waals surface area (Å²) in [6.07, 6.45) is -3.37. The van der Waals surface area contributed by atoms with E-state index in [1.807, 2.05) is 13.8 Å². The minimum atomic E-state index is -4.13. The number of halogens is 3. The van der Waals surface area contributed by atoms with E-state index in [1.54, 1.807) is 6.92 Å². The first-order valence-corrected chi connectivity index (χ1v) is 4.56. The number of hydrogen-bond acceptors (Lipinski definition) is 1. The molecule has 0 aromatic rings. The van der Waals surface area contributed by atoms with Crippen LogP contribution in [0.3, 0.4) is 0 Å². The van der Waals surface area contributed by atoms with E-state index in [-0.39, 0.29) is 6.04 Å². The Hall–Kier alpha value is -0.250. The van der Waals surface area contributed by atoms with E-state index < -0.39 is 12.2 Å². The molecular weight excluding hydrogens is 179 g/mol. The highest BCUT2D eigenvalue weighted by Crippen LogP contribution is 2.20. The standard InChI is InChI=1S/C9H18F3N/c1-6(2)5-7(3)13-8(4)9(10,11)12/h6-8,13H,5H2,1-4H3/t7-,8+/m0/s1. The number of nitrogens with one attached hydrogen (secondary N) is 1. The zero-order chi connectivity index (χ0) is 10.6. The van der Waals surface area contributed by atoms with Crippen molar-refractivity contribution in [3.05, 3.63) is 0 Å². The fourth-order valence-electron chi connectivity index (χ4n) is 1.30. The van der Waals surface area contributed by atoms with E-state index in [0.29, 0.717) is 5.92 Å². The Balaban J connectivity index is 3.85. The second-order valence-corrected chi connectivity index (χ2v) is 3.96. The largest absolute Gasteiger partial charge is 0.403 e. The molecule has 0 aliphatic heterocycles. The van der Waals surface area contributed by atoms with E-state index in [4.69, 9.17) is 0 Å². The number of alkyl halides is 3. The highest BCUT2D eigenvalue weighted by atomic mass is 19.4. The summed E-state index contributed by atoms with van der Waals surface area (Å²) >= 11 is 0. The maximum atomic E-state index is 12.1. The Morgan fingerprint density at radius 3 is 1.85 bits per heavy atom. The van der Waals surface area contributed by atoms with Crippen LogP contribution >= 0.6 is 0 Å². The Morgan fingerprint density at radius 1 is 1.08 bits per heavy atom. The van der Waals surface area contributed by atoms with Crippen LogP contribution in [0.15, 0.2) is 0 Å². The van der Waals surface area contributed by atoms with Gasteiger partial charge in [0.2, 0.25) is 0 Å². The molecule has 0 aliphatic carbocycles. The molecule has 0 unspecified atom stereocenters. The molecule has 0 spiro atoms. The second kappa shape index (κ2) is 4.84. The van der Waals surface area contributed by atoms with E-state index >= 15 is 0 Å². The van der Waals surface area contributed by atoms with Crippen LogP contribution in [0.4, 0.5) is 13.2 Å². The summed E-state index contributed by atoms with van der Waals surface area (Å²) in [6.45, 7) is 6.92. The SMILES string of the molecule is CC(C)C[C@H](C)N[C@H](C)C(F)(F)F. The van der Waals surface area contributed by atoms with E-state index in [0.717, 1.165) is 13.3 Å². The third-order valence-corrected chi connectivity index (χ3v) is 1.85. The van der Waals surface area contributed by atoms with Crippen molar-refractivity contribution in [2.24, 2.45) is 5.92 Å². The molecule has 0 saturated carbocycles. The zero-order valence-electron chi connectivity index (χ0n) is 8.57. The average molecular weight is 197 g/mol. The van der Waals surface area contributed by atoms with Gasteiger partial charge in [-0.05, 0) is 26.2 Å². The summed E-state index contributed by atoms with van der Waals surface area (Å²) in [6, 6.07) is -1.50. The molecule has 0 bridgehead atoms. The fraction of sp³-hybridized carbons (Fsp3) is 1.00. The minimum absolute atomic E-state index is 0.0865. The van der Waals surface area contributed by atoms with Crippen molar-refractivity contribution in [3.63, 3.8) is 0 Å². The lowest BCUT2D eigenvalue weighted by molar-refractivity contribution is -0.153. The molecule has 0 rings (SSSR count). The Labute approximate surface area is 77.7 Å². The topological polar surface area (TPSA) is 12.0 Å². The maximum absolute atomic E-state index is 12.1. The van der Waals surface area contributed by atoms with Gasteiger partial charge in [0.05, 0.1) is 0 Å². The molecule has 80 valence electrons. The van der Waals surface area contributed by atoms with Gasteiger partial charge in [-0.3, -0.25) is 0 Å². The molecule has 0 aliphatic rings. The molecule has 2 atom stereocenters. The van der Waals surface area contributed by atoms with Gasteiger partial charge in [0.15, 0.2) is 0 Å². The predicted octanol–water partition coefficient (Wildman–Crippen LogP) is 2.96. The van der Waals surface area contributed by atoms with Crippen LogP contribution in [-0.2, 0) is 0 Å². The summed E-state index contributed by atoms with van der Waals surface area (Å²) in [5, 5.41) is 2.53. The van der Waals surface area contributed by atoms with Crippen molar-refractivity contribution >= 4 is 0 Å². The van der Waals surface area contributed by atoms with Gasteiger partial charge < -0.3 is 5.32 Å². The van der Waals surface area contributed by atoms with Crippen molar-refractivity contribution < 1.29 is 13.2 Å². The Kier molecular flexibility index (Phi) is 4.75. The van der Waals surface area contributed by atoms with Crippen molar-refractivity contribution in [1.82, 2.24) is 5.32 Å². The highest BCUT2D eigenvalue weighted by Gasteiger charge is 2.36. The van der Waals surface area contributed by atoms with Gasteiger partial charge in [0, 0.05) is 6.04 Å². The van der Waals surface area contributed by atoms with Crippen LogP contribution in [0.1, 0.15) is 34.1 Å². The van der Waals surface area contributed by atoms with Crippen LogP contribution in [-0.4, -0.2) is 18.3 Å². The molecule has 0 fully saturated rings. The molecule has 13 heavy (non-hydrogen) atoms. The third-order valence-electron chi connectivity index (χ3n) is 1.85. The summed E-state index contributed by atoms with van der Waals surface area (Å²) in [5.41, 5.74) is 0. The lowest BCUT2D eigenvalue weighted by atomic mass is 10.0. The van der Waals surface area contributed by atoms with Crippen molar-refractivity contribution in [2.45, 2.75) is 52.4 Å². The van der Waals surface area contributed by atoms with E-state index in [2.05, 4.69) is 5.32 Å². The van der Waals surface area contributed by atoms with E-state index in [9.17, 15) is 13.2 Å². The lowest BCUT2D eigenvalue weighted by Gasteiger charge is -2.23. The predicted molar refractivity (Wildman–Crippen MR) is 47.6 cm³/mol. The van der Waals surface area contributed by atoms with Gasteiger partial charge >= 0.3 is 6.18 Å². The van der Waals surface area contributed by atoms with Gasteiger partial charge in [0.25, 0.3) is 0 Å². The normalized spacial score (nSPS) is 17.5. The first-order chi connectivity index (χ1) is 5.73. The van der Waals surface area contributed by atoms with Crippen LogP contribution < -0.4 is 5.32 Å². The Bertz CT molecular complexity index is 142. The molecule has 0 amide bonds. The molecule has 1 nitrogen and oxygen atoms in total. The molecular formula is C9H18F3N. The smallest absolute Gasteiger partial charge is 0.304 e. The quantitative estimate of drug-likeness (QED) is 0.730. The second-order valence-electron chi connectivity index (χ2n) is 3.96. The summed E-state index contributed by atoms with van der Waals surface area (Å²) in [5.74, 6) is 0.419. The van der Waals surface area contributed by atoms with E-state index in [1.165, 1.54) is 0 Å². The minimum Gasteiger partial charge on any atom is -0.304 e. The number of rotatable bonds is 4. The van der Waals surface area contributed by atoms with Crippen LogP contribution in [0, 0.1) is 5.92 Å². The molecule has 4 heteroatoms. The van der Waals surface area contributed by atoms with Gasteiger partial charge in [-0.15, -0.1) is 0 Å².